The molecule has 4 aromatic rings. The van der Waals surface area contributed by atoms with E-state index in [-0.39, 0.29) is 24.2 Å². The minimum atomic E-state index is -1.00. The molecule has 5 heterocycles. The van der Waals surface area contributed by atoms with Crippen molar-refractivity contribution in [2.45, 2.75) is 31.6 Å². The Balaban J connectivity index is 0.000000301. The van der Waals surface area contributed by atoms with Crippen LogP contribution in [0.25, 0.3) is 11.0 Å². The highest BCUT2D eigenvalue weighted by Gasteiger charge is 2.41. The minimum absolute atomic E-state index is 0.0508. The molecular weight excluding hydrogens is 476 g/mol. The molecule has 2 unspecified atom stereocenters. The van der Waals surface area contributed by atoms with Crippen LogP contribution in [0.15, 0.2) is 61.1 Å². The van der Waals surface area contributed by atoms with E-state index in [1.54, 1.807) is 37.3 Å². The summed E-state index contributed by atoms with van der Waals surface area (Å²) in [6.07, 6.45) is 11.4. The molecule has 1 aliphatic heterocycles. The van der Waals surface area contributed by atoms with E-state index in [2.05, 4.69) is 25.9 Å². The summed E-state index contributed by atoms with van der Waals surface area (Å²) in [6.45, 7) is 1.73. The molecule has 0 radical (unpaired) electrons. The molecule has 1 fully saturated rings. The van der Waals surface area contributed by atoms with E-state index >= 15 is 0 Å². The molecule has 0 saturated carbocycles. The second kappa shape index (κ2) is 10.8. The zero-order valence-electron chi connectivity index (χ0n) is 19.9. The number of nitrogens with zero attached hydrogens (tertiary/aromatic N) is 5. The number of hydrogen-bond donors (Lipinski definition) is 2. The van der Waals surface area contributed by atoms with E-state index in [0.29, 0.717) is 30.1 Å². The standard InChI is InChI=1S/C20H19N5O3.C6H5NO2/c1-3-20(12-27-19(26)15-6-4-5-10-22-15)9-7-16(28-20)25-11-8-14-17(21)23-13(2)24-18(14)25;8-6(9)5-3-1-2-4-7-5/h1,4-6,8,10-11,16H,7,9,12H2,2H3,(H2,21,23,24);1-4H,(H,8,9). The van der Waals surface area contributed by atoms with Crippen molar-refractivity contribution in [1.82, 2.24) is 24.5 Å². The van der Waals surface area contributed by atoms with Gasteiger partial charge in [-0.05, 0) is 50.1 Å². The molecule has 37 heavy (non-hydrogen) atoms. The molecule has 0 aromatic carbocycles. The first-order valence-electron chi connectivity index (χ1n) is 11.3. The first-order valence-corrected chi connectivity index (χ1v) is 11.3. The van der Waals surface area contributed by atoms with Crippen LogP contribution in [0.5, 0.6) is 0 Å². The number of rotatable bonds is 5. The quantitative estimate of drug-likeness (QED) is 0.308. The lowest BCUT2D eigenvalue weighted by molar-refractivity contribution is -0.0678. The van der Waals surface area contributed by atoms with Gasteiger partial charge in [0.2, 0.25) is 0 Å². The molecule has 11 heteroatoms. The predicted molar refractivity (Wildman–Crippen MR) is 133 cm³/mol. The Morgan fingerprint density at radius 1 is 1.19 bits per heavy atom. The largest absolute Gasteiger partial charge is 0.477 e. The van der Waals surface area contributed by atoms with Gasteiger partial charge in [0.25, 0.3) is 0 Å². The van der Waals surface area contributed by atoms with Crippen molar-refractivity contribution in [3.63, 3.8) is 0 Å². The number of carboxylic acids is 1. The van der Waals surface area contributed by atoms with Crippen LogP contribution < -0.4 is 5.73 Å². The Morgan fingerprint density at radius 2 is 1.89 bits per heavy atom. The van der Waals surface area contributed by atoms with Crippen molar-refractivity contribution in [2.75, 3.05) is 12.3 Å². The predicted octanol–water partition coefficient (Wildman–Crippen LogP) is 3.03. The first kappa shape index (κ1) is 25.3. The number of aryl methyl sites for hydroxylation is 1. The lowest BCUT2D eigenvalue weighted by Gasteiger charge is -2.24. The fourth-order valence-corrected chi connectivity index (χ4v) is 3.82. The molecule has 0 aliphatic carbocycles. The Kier molecular flexibility index (Phi) is 7.41. The monoisotopic (exact) mass is 500 g/mol. The van der Waals surface area contributed by atoms with Gasteiger partial charge in [-0.1, -0.05) is 18.1 Å². The third-order valence-electron chi connectivity index (χ3n) is 5.64. The van der Waals surface area contributed by atoms with Crippen LogP contribution in [0.3, 0.4) is 0 Å². The zero-order valence-corrected chi connectivity index (χ0v) is 19.9. The van der Waals surface area contributed by atoms with Gasteiger partial charge in [-0.25, -0.2) is 29.5 Å². The summed E-state index contributed by atoms with van der Waals surface area (Å²) in [6, 6.07) is 11.6. The summed E-state index contributed by atoms with van der Waals surface area (Å²) in [5.74, 6) is 2.13. The van der Waals surface area contributed by atoms with Gasteiger partial charge < -0.3 is 24.9 Å². The van der Waals surface area contributed by atoms with Crippen LogP contribution in [0.1, 0.15) is 45.9 Å². The average Bonchev–Trinajstić information content (AvgIpc) is 3.54. The number of aromatic carboxylic acids is 1. The summed E-state index contributed by atoms with van der Waals surface area (Å²) < 4.78 is 13.4. The maximum atomic E-state index is 12.2. The van der Waals surface area contributed by atoms with Gasteiger partial charge >= 0.3 is 11.9 Å². The molecule has 2 atom stereocenters. The van der Waals surface area contributed by atoms with Gasteiger partial charge in [-0.3, -0.25) is 0 Å². The maximum absolute atomic E-state index is 12.2. The van der Waals surface area contributed by atoms with E-state index in [4.69, 9.17) is 26.7 Å². The number of pyridine rings is 2. The van der Waals surface area contributed by atoms with Crippen molar-refractivity contribution in [2.24, 2.45) is 0 Å². The maximum Gasteiger partial charge on any atom is 0.357 e. The van der Waals surface area contributed by atoms with Crippen LogP contribution in [0, 0.1) is 19.3 Å². The van der Waals surface area contributed by atoms with Crippen molar-refractivity contribution in [1.29, 1.82) is 0 Å². The Labute approximate surface area is 212 Å². The minimum Gasteiger partial charge on any atom is -0.477 e. The van der Waals surface area contributed by atoms with Crippen LogP contribution in [-0.4, -0.2) is 53.8 Å². The summed E-state index contributed by atoms with van der Waals surface area (Å²) in [7, 11) is 0. The van der Waals surface area contributed by atoms with Gasteiger partial charge in [0.1, 0.15) is 41.5 Å². The average molecular weight is 501 g/mol. The molecule has 4 aromatic heterocycles. The molecule has 11 nitrogen and oxygen atoms in total. The summed E-state index contributed by atoms with van der Waals surface area (Å²) in [4.78, 5) is 38.5. The zero-order chi connectivity index (χ0) is 26.4. The number of hydrogen-bond acceptors (Lipinski definition) is 9. The molecule has 1 saturated heterocycles. The summed E-state index contributed by atoms with van der Waals surface area (Å²) in [5.41, 5.74) is 5.98. The van der Waals surface area contributed by atoms with Crippen LogP contribution >= 0.6 is 0 Å². The van der Waals surface area contributed by atoms with Crippen molar-refractivity contribution >= 4 is 28.8 Å². The highest BCUT2D eigenvalue weighted by molar-refractivity contribution is 5.87. The van der Waals surface area contributed by atoms with E-state index < -0.39 is 17.5 Å². The number of esters is 1. The first-order chi connectivity index (χ1) is 17.8. The number of anilines is 1. The van der Waals surface area contributed by atoms with E-state index in [1.807, 2.05) is 16.8 Å². The summed E-state index contributed by atoms with van der Waals surface area (Å²) in [5, 5.41) is 9.08. The third kappa shape index (κ3) is 5.71. The van der Waals surface area contributed by atoms with Gasteiger partial charge in [-0.2, -0.15) is 0 Å². The lowest BCUT2D eigenvalue weighted by atomic mass is 10.0. The number of nitrogens with two attached hydrogens (primary N) is 1. The smallest absolute Gasteiger partial charge is 0.357 e. The molecular formula is C26H24N6O5. The number of fused-ring (bicyclic) bond motifs is 1. The summed E-state index contributed by atoms with van der Waals surface area (Å²) >= 11 is 0. The molecule has 1 aliphatic rings. The number of ether oxygens (including phenoxy) is 2. The molecule has 0 amide bonds. The number of aromatic nitrogens is 5. The van der Waals surface area contributed by atoms with Gasteiger partial charge in [0, 0.05) is 18.6 Å². The Bertz CT molecular complexity index is 1450. The highest BCUT2D eigenvalue weighted by Crippen LogP contribution is 2.38. The third-order valence-corrected chi connectivity index (χ3v) is 5.64. The Morgan fingerprint density at radius 3 is 2.49 bits per heavy atom. The molecule has 0 spiro atoms. The normalized spacial score (nSPS) is 18.4. The molecule has 3 N–H and O–H groups in total. The molecule has 0 bridgehead atoms. The van der Waals surface area contributed by atoms with Crippen LogP contribution in [0.2, 0.25) is 0 Å². The Hall–Kier alpha value is -4.82. The van der Waals surface area contributed by atoms with Crippen LogP contribution in [-0.2, 0) is 9.47 Å². The highest BCUT2D eigenvalue weighted by atomic mass is 16.6. The van der Waals surface area contributed by atoms with Crippen LogP contribution in [0.4, 0.5) is 5.82 Å². The lowest BCUT2D eigenvalue weighted by Crippen LogP contribution is -2.34. The van der Waals surface area contributed by atoms with Crippen molar-refractivity contribution in [3.05, 3.63) is 78.3 Å². The van der Waals surface area contributed by atoms with E-state index in [0.717, 1.165) is 5.39 Å². The second-order valence-corrected chi connectivity index (χ2v) is 8.18. The van der Waals surface area contributed by atoms with Gasteiger partial charge in [-0.15, -0.1) is 6.42 Å². The number of nitrogen functional groups attached to an aromatic ring is 1. The molecule has 188 valence electrons. The number of carboxylic acid groups (broad SMARTS) is 1. The van der Waals surface area contributed by atoms with Crippen molar-refractivity contribution < 1.29 is 24.2 Å². The SMILES string of the molecule is C#CC1(COC(=O)c2ccccn2)CCC(n2ccc3c(N)nc(C)nc32)O1.O=C(O)c1ccccn1. The fraction of sp³-hybridized carbons (Fsp3) is 0.231. The fourth-order valence-electron chi connectivity index (χ4n) is 3.82. The number of terminal acetylenes is 1. The van der Waals surface area contributed by atoms with E-state index in [9.17, 15) is 9.59 Å². The second-order valence-electron chi connectivity index (χ2n) is 8.18. The topological polar surface area (TPSA) is 155 Å². The number of carbonyl (C=O) groups excluding carboxylic acids is 1. The molecule has 5 rings (SSSR count). The van der Waals surface area contributed by atoms with Crippen molar-refractivity contribution in [3.8, 4) is 12.3 Å². The number of carbonyl (C=O) groups is 2. The van der Waals surface area contributed by atoms with E-state index in [1.165, 1.54) is 18.5 Å². The van der Waals surface area contributed by atoms with Gasteiger partial charge in [0.05, 0.1) is 5.39 Å². The van der Waals surface area contributed by atoms with Gasteiger partial charge in [0.15, 0.2) is 5.60 Å².